The van der Waals surface area contributed by atoms with E-state index in [1.165, 1.54) is 11.3 Å². The van der Waals surface area contributed by atoms with Crippen LogP contribution in [0.2, 0.25) is 5.02 Å². The van der Waals surface area contributed by atoms with Crippen LogP contribution in [0.5, 0.6) is 0 Å². The Morgan fingerprint density at radius 1 is 1.38 bits per heavy atom. The fourth-order valence-electron chi connectivity index (χ4n) is 3.96. The molecule has 0 saturated carbocycles. The van der Waals surface area contributed by atoms with Gasteiger partial charge < -0.3 is 9.47 Å². The lowest BCUT2D eigenvalue weighted by Crippen LogP contribution is -2.55. The van der Waals surface area contributed by atoms with Crippen molar-refractivity contribution < 1.29 is 19.1 Å². The largest absolute Gasteiger partial charge is 0.433 e. The Balaban J connectivity index is 1.95. The summed E-state index contributed by atoms with van der Waals surface area (Å²) in [5.41, 5.74) is -0.142. The first kappa shape index (κ1) is 15.9. The van der Waals surface area contributed by atoms with E-state index in [2.05, 4.69) is 4.90 Å². The Labute approximate surface area is 148 Å². The molecule has 0 aromatic carbocycles. The second kappa shape index (κ2) is 5.72. The van der Waals surface area contributed by atoms with Gasteiger partial charge in [0.1, 0.15) is 0 Å². The summed E-state index contributed by atoms with van der Waals surface area (Å²) in [6.07, 6.45) is 4.44. The lowest BCUT2D eigenvalue weighted by molar-refractivity contribution is -0.180. The van der Waals surface area contributed by atoms with Crippen molar-refractivity contribution >= 4 is 40.4 Å². The number of thiophene rings is 1. The number of rotatable bonds is 2. The molecule has 1 fully saturated rings. The molecular formula is C17H16ClNO4S. The van der Waals surface area contributed by atoms with E-state index in [1.54, 1.807) is 0 Å². The summed E-state index contributed by atoms with van der Waals surface area (Å²) in [5.74, 6) is -0.667. The van der Waals surface area contributed by atoms with Crippen molar-refractivity contribution in [3.05, 3.63) is 39.3 Å². The van der Waals surface area contributed by atoms with Crippen molar-refractivity contribution in [2.45, 2.75) is 38.0 Å². The molecule has 1 aromatic heterocycles. The Morgan fingerprint density at radius 2 is 2.17 bits per heavy atom. The summed E-state index contributed by atoms with van der Waals surface area (Å²) < 4.78 is 11.5. The zero-order valence-corrected chi connectivity index (χ0v) is 14.7. The molecule has 5 nitrogen and oxygen atoms in total. The average Bonchev–Trinajstić information content (AvgIpc) is 3.08. The number of halogens is 1. The second-order valence-electron chi connectivity index (χ2n) is 6.05. The molecule has 24 heavy (non-hydrogen) atoms. The van der Waals surface area contributed by atoms with Crippen LogP contribution in [0.3, 0.4) is 0 Å². The van der Waals surface area contributed by atoms with Gasteiger partial charge in [-0.05, 0) is 30.8 Å². The smallest absolute Gasteiger partial charge is 0.336 e. The third-order valence-corrected chi connectivity index (χ3v) is 6.25. The van der Waals surface area contributed by atoms with Gasteiger partial charge in [0, 0.05) is 30.2 Å². The molecule has 2 atom stereocenters. The van der Waals surface area contributed by atoms with Crippen molar-refractivity contribution in [2.24, 2.45) is 0 Å². The number of carbonyl (C=O) groups is 2. The molecule has 1 saturated heterocycles. The third-order valence-electron chi connectivity index (χ3n) is 4.85. The lowest BCUT2D eigenvalue weighted by Gasteiger charge is -2.44. The first-order chi connectivity index (χ1) is 11.5. The molecule has 4 rings (SSSR count). The minimum atomic E-state index is -1.02. The van der Waals surface area contributed by atoms with Gasteiger partial charge in [-0.3, -0.25) is 4.90 Å². The number of nitrogens with zero attached hydrogens (tertiary/aromatic N) is 1. The zero-order chi connectivity index (χ0) is 16.9. The van der Waals surface area contributed by atoms with E-state index in [9.17, 15) is 9.59 Å². The molecule has 2 bridgehead atoms. The number of hydrogen-bond donors (Lipinski definition) is 0. The SMILES string of the molecule is CCN1C2CCC13OC(=O)/C=C/C(=O)OC3=C(c1sccc1Cl)C2. The van der Waals surface area contributed by atoms with Crippen LogP contribution < -0.4 is 0 Å². The van der Waals surface area contributed by atoms with Crippen LogP contribution in [0, 0.1) is 0 Å². The van der Waals surface area contributed by atoms with Gasteiger partial charge in [-0.15, -0.1) is 11.3 Å². The van der Waals surface area contributed by atoms with Crippen LogP contribution in [0.4, 0.5) is 0 Å². The summed E-state index contributed by atoms with van der Waals surface area (Å²) in [4.78, 5) is 27.3. The Hall–Kier alpha value is -1.63. The number of fused-ring (bicyclic) bond motifs is 1. The maximum absolute atomic E-state index is 12.2. The average molecular weight is 366 g/mol. The van der Waals surface area contributed by atoms with E-state index in [0.717, 1.165) is 35.4 Å². The highest BCUT2D eigenvalue weighted by Gasteiger charge is 2.58. The normalized spacial score (nSPS) is 31.2. The van der Waals surface area contributed by atoms with E-state index >= 15 is 0 Å². The Kier molecular flexibility index (Phi) is 3.78. The van der Waals surface area contributed by atoms with E-state index in [1.807, 2.05) is 18.4 Å². The minimum absolute atomic E-state index is 0.238. The predicted molar refractivity (Wildman–Crippen MR) is 90.3 cm³/mol. The predicted octanol–water partition coefficient (Wildman–Crippen LogP) is 3.35. The van der Waals surface area contributed by atoms with Gasteiger partial charge in [0.25, 0.3) is 0 Å². The number of carbonyl (C=O) groups excluding carboxylic acids is 2. The first-order valence-corrected chi connectivity index (χ1v) is 9.17. The first-order valence-electron chi connectivity index (χ1n) is 7.91. The molecule has 3 aliphatic rings. The number of likely N-dealkylation sites (N-methyl/N-ethyl adjacent to an activating group) is 1. The topological polar surface area (TPSA) is 55.8 Å². The van der Waals surface area contributed by atoms with Crippen LogP contribution in [0.1, 0.15) is 31.1 Å². The lowest BCUT2D eigenvalue weighted by atomic mass is 9.95. The van der Waals surface area contributed by atoms with Gasteiger partial charge in [0.15, 0.2) is 5.76 Å². The number of ether oxygens (including phenoxy) is 2. The van der Waals surface area contributed by atoms with Crippen molar-refractivity contribution in [3.63, 3.8) is 0 Å². The maximum atomic E-state index is 12.2. The fourth-order valence-corrected chi connectivity index (χ4v) is 5.19. The van der Waals surface area contributed by atoms with Crippen molar-refractivity contribution in [2.75, 3.05) is 6.54 Å². The van der Waals surface area contributed by atoms with E-state index in [-0.39, 0.29) is 6.04 Å². The van der Waals surface area contributed by atoms with Crippen molar-refractivity contribution in [1.82, 2.24) is 4.90 Å². The van der Waals surface area contributed by atoms with Crippen LogP contribution in [0.15, 0.2) is 29.4 Å². The Morgan fingerprint density at radius 3 is 2.88 bits per heavy atom. The van der Waals surface area contributed by atoms with E-state index in [0.29, 0.717) is 23.7 Å². The van der Waals surface area contributed by atoms with Crippen LogP contribution in [0.25, 0.3) is 5.57 Å². The van der Waals surface area contributed by atoms with Gasteiger partial charge in [-0.1, -0.05) is 18.5 Å². The molecule has 126 valence electrons. The molecule has 1 aromatic rings. The summed E-state index contributed by atoms with van der Waals surface area (Å²) >= 11 is 7.83. The highest BCUT2D eigenvalue weighted by molar-refractivity contribution is 7.11. The number of hydrogen-bond acceptors (Lipinski definition) is 6. The standard InChI is InChI=1S/C17H16ClNO4S/c1-2-19-10-5-7-17(19)16(22-13(20)3-4-14(21)23-17)11(9-10)15-12(18)6-8-24-15/h3-4,6,8,10H,2,5,7,9H2,1H3/b4-3+. The molecule has 0 N–H and O–H groups in total. The van der Waals surface area contributed by atoms with E-state index < -0.39 is 17.7 Å². The molecule has 1 spiro atoms. The van der Waals surface area contributed by atoms with Gasteiger partial charge >= 0.3 is 11.9 Å². The molecule has 0 amide bonds. The minimum Gasteiger partial charge on any atom is -0.433 e. The van der Waals surface area contributed by atoms with Crippen LogP contribution in [-0.4, -0.2) is 35.2 Å². The van der Waals surface area contributed by atoms with E-state index in [4.69, 9.17) is 21.1 Å². The Bertz CT molecular complexity index is 783. The highest BCUT2D eigenvalue weighted by Crippen LogP contribution is 2.52. The van der Waals surface area contributed by atoms with Crippen LogP contribution >= 0.6 is 22.9 Å². The quantitative estimate of drug-likeness (QED) is 0.752. The zero-order valence-electron chi connectivity index (χ0n) is 13.1. The summed E-state index contributed by atoms with van der Waals surface area (Å²) in [6.45, 7) is 2.72. The summed E-state index contributed by atoms with van der Waals surface area (Å²) in [7, 11) is 0. The maximum Gasteiger partial charge on any atom is 0.336 e. The molecule has 7 heteroatoms. The third kappa shape index (κ3) is 2.24. The van der Waals surface area contributed by atoms with Gasteiger partial charge in [0.05, 0.1) is 9.90 Å². The fraction of sp³-hybridized carbons (Fsp3) is 0.412. The molecule has 4 heterocycles. The van der Waals surface area contributed by atoms with Crippen molar-refractivity contribution in [1.29, 1.82) is 0 Å². The molecule has 0 aliphatic carbocycles. The molecular weight excluding hydrogens is 350 g/mol. The molecule has 3 aliphatic heterocycles. The van der Waals surface area contributed by atoms with Crippen molar-refractivity contribution in [3.8, 4) is 0 Å². The van der Waals surface area contributed by atoms with Crippen LogP contribution in [-0.2, 0) is 19.1 Å². The highest BCUT2D eigenvalue weighted by atomic mass is 35.5. The molecule has 2 unspecified atom stereocenters. The molecule has 0 radical (unpaired) electrons. The number of esters is 2. The summed E-state index contributed by atoms with van der Waals surface area (Å²) in [5, 5.41) is 2.53. The monoisotopic (exact) mass is 365 g/mol. The van der Waals surface area contributed by atoms with Gasteiger partial charge in [-0.2, -0.15) is 0 Å². The second-order valence-corrected chi connectivity index (χ2v) is 7.37. The van der Waals surface area contributed by atoms with Gasteiger partial charge in [0.2, 0.25) is 5.72 Å². The van der Waals surface area contributed by atoms with Gasteiger partial charge in [-0.25, -0.2) is 9.59 Å². The summed E-state index contributed by atoms with van der Waals surface area (Å²) in [6, 6.07) is 2.06.